The van der Waals surface area contributed by atoms with E-state index < -0.39 is 108 Å². The molecular formula is C50H67ClN10O10S2. The van der Waals surface area contributed by atoms with Crippen LogP contribution in [0.1, 0.15) is 56.7 Å². The number of aliphatic carboxylic acids is 1. The summed E-state index contributed by atoms with van der Waals surface area (Å²) < 4.78 is 0. The number of aliphatic hydroxyl groups is 1. The fourth-order valence-corrected chi connectivity index (χ4v) is 8.33. The molecule has 7 amide bonds. The number of carboxylic acid groups (broad SMARTS) is 1. The van der Waals surface area contributed by atoms with Crippen LogP contribution >= 0.6 is 36.9 Å². The first-order chi connectivity index (χ1) is 34.8. The van der Waals surface area contributed by atoms with Gasteiger partial charge in [-0.2, -0.15) is 25.3 Å². The number of para-hydroxylation sites is 1. The van der Waals surface area contributed by atoms with Gasteiger partial charge in [0.15, 0.2) is 0 Å². The molecule has 0 fully saturated rings. The lowest BCUT2D eigenvalue weighted by Gasteiger charge is -2.28. The number of carbonyl (C=O) groups is 8. The number of aromatic nitrogens is 1. The Kier molecular flexibility index (Phi) is 24.0. The van der Waals surface area contributed by atoms with Gasteiger partial charge in [-0.1, -0.05) is 86.1 Å². The number of rotatable bonds is 29. The Labute approximate surface area is 439 Å². The van der Waals surface area contributed by atoms with Crippen LogP contribution in [0.2, 0.25) is 5.02 Å². The number of aliphatic hydroxyl groups excluding tert-OH is 1. The minimum Gasteiger partial charge on any atom is -0.480 e. The van der Waals surface area contributed by atoms with Crippen molar-refractivity contribution in [2.45, 2.75) is 114 Å². The molecule has 9 atom stereocenters. The van der Waals surface area contributed by atoms with Crippen LogP contribution in [0.25, 0.3) is 10.9 Å². The third-order valence-electron chi connectivity index (χ3n) is 11.9. The number of halogens is 1. The number of nitrogens with one attached hydrogen (secondary N) is 8. The van der Waals surface area contributed by atoms with Crippen molar-refractivity contribution in [2.24, 2.45) is 17.4 Å². The first kappa shape index (κ1) is 59.4. The summed E-state index contributed by atoms with van der Waals surface area (Å²) in [5.74, 6) is -8.02. The van der Waals surface area contributed by atoms with E-state index in [-0.39, 0.29) is 43.7 Å². The lowest BCUT2D eigenvalue weighted by atomic mass is 10.0. The molecule has 0 saturated heterocycles. The van der Waals surface area contributed by atoms with Crippen LogP contribution in [0.15, 0.2) is 85.1 Å². The zero-order valence-corrected chi connectivity index (χ0v) is 43.4. The second kappa shape index (κ2) is 29.5. The van der Waals surface area contributed by atoms with Gasteiger partial charge in [-0.3, -0.25) is 33.6 Å². The molecule has 1 aromatic heterocycles. The molecule has 23 heteroatoms. The summed E-state index contributed by atoms with van der Waals surface area (Å²) >= 11 is 14.5. The molecule has 14 N–H and O–H groups in total. The number of aromatic amines is 1. The van der Waals surface area contributed by atoms with Crippen molar-refractivity contribution in [2.75, 3.05) is 18.1 Å². The molecule has 1 heterocycles. The quantitative estimate of drug-likeness (QED) is 0.0264. The van der Waals surface area contributed by atoms with E-state index in [4.69, 9.17) is 23.1 Å². The Morgan fingerprint density at radius 2 is 1.08 bits per heavy atom. The highest BCUT2D eigenvalue weighted by Crippen LogP contribution is 2.20. The number of hydrogen-bond acceptors (Lipinski definition) is 13. The molecule has 4 aromatic rings. The number of unbranched alkanes of at least 4 members (excludes halogenated alkanes) is 1. The van der Waals surface area contributed by atoms with Crippen LogP contribution in [0.5, 0.6) is 0 Å². The first-order valence-electron chi connectivity index (χ1n) is 23.8. The Morgan fingerprint density at radius 1 is 0.589 bits per heavy atom. The van der Waals surface area contributed by atoms with E-state index >= 15 is 0 Å². The van der Waals surface area contributed by atoms with Gasteiger partial charge >= 0.3 is 5.97 Å². The Balaban J connectivity index is 1.61. The normalized spacial score (nSPS) is 15.0. The molecule has 0 bridgehead atoms. The van der Waals surface area contributed by atoms with E-state index in [1.54, 1.807) is 80.7 Å². The standard InChI is InChI=1S/C50H67ClN10O10S2/c1-27(2)41(50(70)71)60-48(68)40(26-73)59-49(69)42(28(3)62)61-44(64)36(15-9-10-20-52)55-46(66)38(23-31-24-54-35-14-8-7-13-33(31)35)57-45(65)37(22-29-11-5-4-6-12-29)56-47(67)39(25-72)58-43(63)34(53)21-30-16-18-32(51)19-17-30/h4-8,11-14,16-19,24,27-28,34,36-42,54,62,72-73H,9-10,15,20-23,25-26,52-53H2,1-3H3,(H,55,66)(H,56,67)(H,57,65)(H,58,63)(H,59,69)(H,60,68)(H,61,64)(H,70,71)/t28-,34+,36+,37+,38+,39-,40+,41+,42+/m1/s1. The van der Waals surface area contributed by atoms with Gasteiger partial charge in [0.25, 0.3) is 0 Å². The van der Waals surface area contributed by atoms with Gasteiger partial charge in [0.1, 0.15) is 42.3 Å². The lowest BCUT2D eigenvalue weighted by molar-refractivity contribution is -0.143. The zero-order valence-electron chi connectivity index (χ0n) is 40.8. The molecule has 3 aromatic carbocycles. The summed E-state index contributed by atoms with van der Waals surface area (Å²) in [6, 6.07) is 12.1. The summed E-state index contributed by atoms with van der Waals surface area (Å²) in [6.45, 7) is 4.65. The van der Waals surface area contributed by atoms with Gasteiger partial charge in [-0.15, -0.1) is 0 Å². The summed E-state index contributed by atoms with van der Waals surface area (Å²) in [6.07, 6.45) is 0.869. The summed E-state index contributed by atoms with van der Waals surface area (Å²) in [4.78, 5) is 112. The van der Waals surface area contributed by atoms with E-state index in [1.807, 2.05) is 18.2 Å². The average molecular weight is 1070 g/mol. The van der Waals surface area contributed by atoms with Crippen LogP contribution in [0, 0.1) is 5.92 Å². The smallest absolute Gasteiger partial charge is 0.326 e. The van der Waals surface area contributed by atoms with Crippen LogP contribution in [-0.4, -0.2) is 135 Å². The second-order valence-corrected chi connectivity index (χ2v) is 19.1. The van der Waals surface area contributed by atoms with Crippen LogP contribution in [0.3, 0.4) is 0 Å². The second-order valence-electron chi connectivity index (χ2n) is 17.9. The molecule has 0 unspecified atom stereocenters. The topological polar surface area (TPSA) is 329 Å². The molecule has 396 valence electrons. The SMILES string of the molecule is CC(C)[C@H](NC(=O)[C@H](CS)NC(=O)[C@@H](NC(=O)[C@H](CCCCN)NC(=O)[C@H](Cc1c[nH]c2ccccc12)NC(=O)[C@H](Cc1ccccc1)NC(=O)[C@@H](CS)NC(=O)[C@@H](N)Cc1ccc(Cl)cc1)[C@@H](C)O)C(=O)O. The van der Waals surface area contributed by atoms with Gasteiger partial charge in [0.05, 0.1) is 12.1 Å². The molecule has 0 aliphatic carbocycles. The van der Waals surface area contributed by atoms with E-state index in [0.717, 1.165) is 16.5 Å². The molecule has 0 spiro atoms. The highest BCUT2D eigenvalue weighted by molar-refractivity contribution is 7.80. The van der Waals surface area contributed by atoms with Crippen molar-refractivity contribution in [1.82, 2.24) is 42.2 Å². The monoisotopic (exact) mass is 1070 g/mol. The van der Waals surface area contributed by atoms with Crippen molar-refractivity contribution in [3.8, 4) is 0 Å². The minimum absolute atomic E-state index is 0.00297. The van der Waals surface area contributed by atoms with Crippen LogP contribution in [-0.2, 0) is 57.6 Å². The zero-order chi connectivity index (χ0) is 53.8. The summed E-state index contributed by atoms with van der Waals surface area (Å²) in [7, 11) is 0. The minimum atomic E-state index is -1.67. The van der Waals surface area contributed by atoms with Crippen molar-refractivity contribution >= 4 is 95.1 Å². The maximum atomic E-state index is 14.6. The number of carboxylic acids is 1. The van der Waals surface area contributed by atoms with Gasteiger partial charge in [-0.05, 0) is 80.0 Å². The summed E-state index contributed by atoms with van der Waals surface area (Å²) in [5, 5.41) is 39.7. The fraction of sp³-hybridized carbons (Fsp3) is 0.440. The van der Waals surface area contributed by atoms with Gasteiger partial charge < -0.3 is 63.9 Å². The number of nitrogens with two attached hydrogens (primary N) is 2. The maximum absolute atomic E-state index is 14.6. The number of amides is 7. The van der Waals surface area contributed by atoms with Crippen molar-refractivity contribution in [3.63, 3.8) is 0 Å². The summed E-state index contributed by atoms with van der Waals surface area (Å²) in [5.41, 5.74) is 14.7. The van der Waals surface area contributed by atoms with Crippen molar-refractivity contribution in [1.29, 1.82) is 0 Å². The highest BCUT2D eigenvalue weighted by Gasteiger charge is 2.36. The number of benzene rings is 3. The highest BCUT2D eigenvalue weighted by atomic mass is 35.5. The number of thiol groups is 2. The Bertz CT molecular complexity index is 2500. The third-order valence-corrected chi connectivity index (χ3v) is 12.8. The number of H-pyrrole nitrogens is 1. The van der Waals surface area contributed by atoms with Gasteiger partial charge in [0.2, 0.25) is 41.4 Å². The molecule has 0 aliphatic heterocycles. The molecule has 0 saturated carbocycles. The average Bonchev–Trinajstić information content (AvgIpc) is 3.77. The van der Waals surface area contributed by atoms with E-state index in [9.17, 15) is 48.6 Å². The Hall–Kier alpha value is -6.17. The molecule has 73 heavy (non-hydrogen) atoms. The van der Waals surface area contributed by atoms with E-state index in [0.29, 0.717) is 29.0 Å². The van der Waals surface area contributed by atoms with E-state index in [1.165, 1.54) is 6.92 Å². The fourth-order valence-electron chi connectivity index (χ4n) is 7.69. The molecule has 0 radical (unpaired) electrons. The molecule has 0 aliphatic rings. The molecule has 4 rings (SSSR count). The first-order valence-corrected chi connectivity index (χ1v) is 25.4. The van der Waals surface area contributed by atoms with E-state index in [2.05, 4.69) is 67.5 Å². The van der Waals surface area contributed by atoms with Crippen molar-refractivity contribution < 1.29 is 48.6 Å². The van der Waals surface area contributed by atoms with Gasteiger partial charge in [-0.25, -0.2) is 4.79 Å². The number of carbonyl (C=O) groups excluding carboxylic acids is 7. The van der Waals surface area contributed by atoms with Crippen LogP contribution < -0.4 is 48.7 Å². The largest absolute Gasteiger partial charge is 0.480 e. The molecule has 20 nitrogen and oxygen atoms in total. The lowest BCUT2D eigenvalue weighted by Crippen LogP contribution is -2.62. The van der Waals surface area contributed by atoms with Crippen molar-refractivity contribution in [3.05, 3.63) is 107 Å². The maximum Gasteiger partial charge on any atom is 0.326 e. The van der Waals surface area contributed by atoms with Crippen LogP contribution in [0.4, 0.5) is 0 Å². The van der Waals surface area contributed by atoms with Gasteiger partial charge in [0, 0.05) is 46.5 Å². The molecular weight excluding hydrogens is 1000 g/mol. The number of hydrogen-bond donors (Lipinski definition) is 14. The predicted molar refractivity (Wildman–Crippen MR) is 284 cm³/mol. The Morgan fingerprint density at radius 3 is 1.66 bits per heavy atom. The third kappa shape index (κ3) is 18.4. The predicted octanol–water partition coefficient (Wildman–Crippen LogP) is 0.680. The number of fused-ring (bicyclic) bond motifs is 1.